The zero-order valence-electron chi connectivity index (χ0n) is 9.04. The Labute approximate surface area is 95.8 Å². The molecule has 4 nitrogen and oxygen atoms in total. The number of halogens is 3. The van der Waals surface area contributed by atoms with Gasteiger partial charge in [-0.15, -0.1) is 0 Å². The normalized spacial score (nSPS) is 11.3. The van der Waals surface area contributed by atoms with Crippen LogP contribution in [-0.2, 0) is 0 Å². The maximum absolute atomic E-state index is 11.8. The third-order valence-electron chi connectivity index (χ3n) is 1.88. The van der Waals surface area contributed by atoms with E-state index in [1.807, 2.05) is 5.32 Å². The third-order valence-corrected chi connectivity index (χ3v) is 1.88. The van der Waals surface area contributed by atoms with Crippen molar-refractivity contribution in [3.63, 3.8) is 0 Å². The van der Waals surface area contributed by atoms with Gasteiger partial charge < -0.3 is 10.1 Å². The second-order valence-electron chi connectivity index (χ2n) is 3.26. The highest BCUT2D eigenvalue weighted by molar-refractivity contribution is 5.97. The Morgan fingerprint density at radius 2 is 2.18 bits per heavy atom. The van der Waals surface area contributed by atoms with Gasteiger partial charge in [-0.25, -0.2) is 0 Å². The molecule has 0 atom stereocenters. The maximum atomic E-state index is 11.8. The molecule has 17 heavy (non-hydrogen) atoms. The fourth-order valence-electron chi connectivity index (χ4n) is 1.10. The van der Waals surface area contributed by atoms with Crippen LogP contribution in [-0.4, -0.2) is 37.1 Å². The number of aromatic nitrogens is 1. The van der Waals surface area contributed by atoms with Gasteiger partial charge in [0.2, 0.25) is 0 Å². The molecule has 7 heteroatoms. The quantitative estimate of drug-likeness (QED) is 0.801. The Balaban J connectivity index is 2.52. The predicted molar refractivity (Wildman–Crippen MR) is 54.0 cm³/mol. The number of carbonyl (C=O) groups is 1. The van der Waals surface area contributed by atoms with Gasteiger partial charge in [-0.3, -0.25) is 9.78 Å². The van der Waals surface area contributed by atoms with E-state index >= 15 is 0 Å². The van der Waals surface area contributed by atoms with E-state index in [1.165, 1.54) is 25.6 Å². The van der Waals surface area contributed by atoms with Gasteiger partial charge in [0.15, 0.2) is 5.78 Å². The molecule has 0 spiro atoms. The van der Waals surface area contributed by atoms with Crippen LogP contribution < -0.4 is 10.1 Å². The minimum absolute atomic E-state index is 0.207. The van der Waals surface area contributed by atoms with E-state index in [0.29, 0.717) is 5.75 Å². The summed E-state index contributed by atoms with van der Waals surface area (Å²) < 4.78 is 40.3. The monoisotopic (exact) mass is 248 g/mol. The topological polar surface area (TPSA) is 51.2 Å². The number of hydrogen-bond acceptors (Lipinski definition) is 4. The first-order chi connectivity index (χ1) is 7.92. The van der Waals surface area contributed by atoms with Crippen molar-refractivity contribution in [2.24, 2.45) is 0 Å². The third kappa shape index (κ3) is 4.81. The number of hydrogen-bond donors (Lipinski definition) is 1. The molecule has 0 saturated heterocycles. The average molecular weight is 248 g/mol. The van der Waals surface area contributed by atoms with E-state index in [2.05, 4.69) is 4.98 Å². The van der Waals surface area contributed by atoms with Crippen LogP contribution >= 0.6 is 0 Å². The van der Waals surface area contributed by atoms with Gasteiger partial charge in [-0.2, -0.15) is 13.2 Å². The molecule has 0 aromatic carbocycles. The lowest BCUT2D eigenvalue weighted by atomic mass is 10.2. The Hall–Kier alpha value is -1.63. The van der Waals surface area contributed by atoms with Crippen LogP contribution in [0.15, 0.2) is 18.5 Å². The standard InChI is InChI=1S/C10H11F3N2O2/c1-17-8-2-7(3-14-4-8)9(16)5-15-6-10(11,12)13/h2-4,15H,5-6H2,1H3. The molecule has 0 aliphatic carbocycles. The predicted octanol–water partition coefficient (Wildman–Crippen LogP) is 1.42. The lowest BCUT2D eigenvalue weighted by molar-refractivity contribution is -0.124. The number of nitrogens with zero attached hydrogens (tertiary/aromatic N) is 1. The van der Waals surface area contributed by atoms with Gasteiger partial charge in [-0.05, 0) is 6.07 Å². The van der Waals surface area contributed by atoms with E-state index in [0.717, 1.165) is 0 Å². The molecule has 0 fully saturated rings. The molecule has 1 rings (SSSR count). The largest absolute Gasteiger partial charge is 0.495 e. The number of Topliss-reactive ketones (excluding diaryl/α,β-unsaturated/α-hetero) is 1. The van der Waals surface area contributed by atoms with Crippen molar-refractivity contribution < 1.29 is 22.7 Å². The number of nitrogens with one attached hydrogen (secondary N) is 1. The summed E-state index contributed by atoms with van der Waals surface area (Å²) in [6, 6.07) is 1.42. The van der Waals surface area contributed by atoms with Gasteiger partial charge in [0.25, 0.3) is 0 Å². The van der Waals surface area contributed by atoms with E-state index < -0.39 is 25.0 Å². The first kappa shape index (κ1) is 13.4. The number of pyridine rings is 1. The van der Waals surface area contributed by atoms with Gasteiger partial charge in [0, 0.05) is 11.8 Å². The molecule has 0 amide bonds. The van der Waals surface area contributed by atoms with Crippen molar-refractivity contribution >= 4 is 5.78 Å². The first-order valence-corrected chi connectivity index (χ1v) is 4.72. The highest BCUT2D eigenvalue weighted by Crippen LogP contribution is 2.13. The number of methoxy groups -OCH3 is 1. The summed E-state index contributed by atoms with van der Waals surface area (Å²) in [7, 11) is 1.41. The molecule has 0 radical (unpaired) electrons. The number of carbonyl (C=O) groups excluding carboxylic acids is 1. The van der Waals surface area contributed by atoms with Crippen LogP contribution in [0.2, 0.25) is 0 Å². The highest BCUT2D eigenvalue weighted by atomic mass is 19.4. The molecule has 1 N–H and O–H groups in total. The molecule has 0 aliphatic heterocycles. The lowest BCUT2D eigenvalue weighted by Crippen LogP contribution is -2.32. The van der Waals surface area contributed by atoms with Crippen LogP contribution in [0.25, 0.3) is 0 Å². The maximum Gasteiger partial charge on any atom is 0.401 e. The van der Waals surface area contributed by atoms with Crippen LogP contribution in [0.4, 0.5) is 13.2 Å². The Kier molecular flexibility index (Phi) is 4.45. The van der Waals surface area contributed by atoms with Crippen LogP contribution in [0.1, 0.15) is 10.4 Å². The van der Waals surface area contributed by atoms with Crippen molar-refractivity contribution in [3.05, 3.63) is 24.0 Å². The summed E-state index contributed by atoms with van der Waals surface area (Å²) >= 11 is 0. The molecule has 0 unspecified atom stereocenters. The van der Waals surface area contributed by atoms with Crippen molar-refractivity contribution in [2.45, 2.75) is 6.18 Å². The molecule has 0 aliphatic rings. The van der Waals surface area contributed by atoms with Crippen LogP contribution in [0.5, 0.6) is 5.75 Å². The highest BCUT2D eigenvalue weighted by Gasteiger charge is 2.26. The molecule has 1 aromatic heterocycles. The summed E-state index contributed by atoms with van der Waals surface area (Å²) in [4.78, 5) is 15.2. The Morgan fingerprint density at radius 3 is 2.76 bits per heavy atom. The Bertz CT molecular complexity index is 393. The Morgan fingerprint density at radius 1 is 1.47 bits per heavy atom. The minimum atomic E-state index is -4.33. The van der Waals surface area contributed by atoms with Gasteiger partial charge in [0.05, 0.1) is 26.4 Å². The zero-order chi connectivity index (χ0) is 12.9. The molecule has 0 bridgehead atoms. The number of rotatable bonds is 5. The molecular weight excluding hydrogens is 237 g/mol. The average Bonchev–Trinajstić information content (AvgIpc) is 2.27. The minimum Gasteiger partial charge on any atom is -0.495 e. The smallest absolute Gasteiger partial charge is 0.401 e. The van der Waals surface area contributed by atoms with Crippen LogP contribution in [0.3, 0.4) is 0 Å². The van der Waals surface area contributed by atoms with E-state index in [-0.39, 0.29) is 5.56 Å². The second-order valence-corrected chi connectivity index (χ2v) is 3.26. The van der Waals surface area contributed by atoms with Crippen LogP contribution in [0, 0.1) is 0 Å². The lowest BCUT2D eigenvalue weighted by Gasteiger charge is -2.07. The fraction of sp³-hybridized carbons (Fsp3) is 0.400. The SMILES string of the molecule is COc1cncc(C(=O)CNCC(F)(F)F)c1. The first-order valence-electron chi connectivity index (χ1n) is 4.72. The van der Waals surface area contributed by atoms with Crippen molar-refractivity contribution in [3.8, 4) is 5.75 Å². The number of alkyl halides is 3. The molecular formula is C10H11F3N2O2. The van der Waals surface area contributed by atoms with Crippen molar-refractivity contribution in [1.29, 1.82) is 0 Å². The fourth-order valence-corrected chi connectivity index (χ4v) is 1.10. The van der Waals surface area contributed by atoms with Crippen molar-refractivity contribution in [1.82, 2.24) is 10.3 Å². The molecule has 94 valence electrons. The molecule has 1 aromatic rings. The van der Waals surface area contributed by atoms with Gasteiger partial charge in [0.1, 0.15) is 5.75 Å². The second kappa shape index (κ2) is 5.62. The molecule has 1 heterocycles. The van der Waals surface area contributed by atoms with E-state index in [4.69, 9.17) is 4.74 Å². The molecule has 0 saturated carbocycles. The number of ether oxygens (including phenoxy) is 1. The summed E-state index contributed by atoms with van der Waals surface area (Å²) in [5, 5.41) is 2.02. The van der Waals surface area contributed by atoms with E-state index in [1.54, 1.807) is 0 Å². The summed E-state index contributed by atoms with van der Waals surface area (Å²) in [5.41, 5.74) is 0.207. The summed E-state index contributed by atoms with van der Waals surface area (Å²) in [5.74, 6) is -0.0904. The van der Waals surface area contributed by atoms with E-state index in [9.17, 15) is 18.0 Å². The summed E-state index contributed by atoms with van der Waals surface area (Å²) in [6.07, 6.45) is -1.65. The summed E-state index contributed by atoms with van der Waals surface area (Å²) in [6.45, 7) is -1.59. The zero-order valence-corrected chi connectivity index (χ0v) is 9.04. The van der Waals surface area contributed by atoms with Crippen molar-refractivity contribution in [2.75, 3.05) is 20.2 Å². The number of ketones is 1. The van der Waals surface area contributed by atoms with Gasteiger partial charge in [-0.1, -0.05) is 0 Å². The van der Waals surface area contributed by atoms with Gasteiger partial charge >= 0.3 is 6.18 Å².